The van der Waals surface area contributed by atoms with E-state index in [-0.39, 0.29) is 10.6 Å². The van der Waals surface area contributed by atoms with Crippen LogP contribution in [-0.4, -0.2) is 14.8 Å². The van der Waals surface area contributed by atoms with Crippen LogP contribution in [0.25, 0.3) is 0 Å². The summed E-state index contributed by atoms with van der Waals surface area (Å²) in [5.74, 6) is 0. The molecular weight excluding hydrogens is 319 g/mol. The molecule has 1 amide bonds. The molecule has 1 aromatic carbocycles. The molecule has 14 heavy (non-hydrogen) atoms. The van der Waals surface area contributed by atoms with E-state index in [0.29, 0.717) is 6.41 Å². The molecule has 1 rings (SSSR count). The zero-order chi connectivity index (χ0) is 10.8. The summed E-state index contributed by atoms with van der Waals surface area (Å²) in [6, 6.07) is 4.54. The minimum Gasteiger partial charge on any atom is -0.328 e. The molecule has 0 saturated carbocycles. The first kappa shape index (κ1) is 11.4. The Labute approximate surface area is 94.9 Å². The summed E-state index contributed by atoms with van der Waals surface area (Å²) in [6.45, 7) is 0. The van der Waals surface area contributed by atoms with Crippen LogP contribution in [0.1, 0.15) is 0 Å². The van der Waals surface area contributed by atoms with Crippen molar-refractivity contribution in [1.82, 2.24) is 0 Å². The number of carbonyl (C=O) groups excluding carboxylic acids is 1. The zero-order valence-corrected chi connectivity index (χ0v) is 9.87. The summed E-state index contributed by atoms with van der Waals surface area (Å²) in [7, 11) is -3.80. The number of amides is 1. The predicted molar refractivity (Wildman–Crippen MR) is 60.2 cm³/mol. The van der Waals surface area contributed by atoms with E-state index >= 15 is 0 Å². The average molecular weight is 326 g/mol. The van der Waals surface area contributed by atoms with Crippen molar-refractivity contribution in [1.29, 1.82) is 0 Å². The van der Waals surface area contributed by atoms with Gasteiger partial charge in [-0.15, -0.1) is 0 Å². The van der Waals surface area contributed by atoms with Crippen LogP contribution in [0.3, 0.4) is 0 Å². The van der Waals surface area contributed by atoms with Crippen molar-refractivity contribution in [3.05, 3.63) is 21.8 Å². The molecule has 0 heterocycles. The summed E-state index contributed by atoms with van der Waals surface area (Å²) in [5, 5.41) is 7.24. The van der Waals surface area contributed by atoms with Gasteiger partial charge in [0, 0.05) is 3.57 Å². The fourth-order valence-electron chi connectivity index (χ4n) is 0.914. The van der Waals surface area contributed by atoms with Gasteiger partial charge in [0.05, 0.1) is 5.69 Å². The van der Waals surface area contributed by atoms with Gasteiger partial charge in [0.1, 0.15) is 4.90 Å². The average Bonchev–Trinajstić information content (AvgIpc) is 2.07. The van der Waals surface area contributed by atoms with Gasteiger partial charge in [0.2, 0.25) is 16.4 Å². The van der Waals surface area contributed by atoms with Crippen molar-refractivity contribution in [3.8, 4) is 0 Å². The molecule has 0 aliphatic rings. The largest absolute Gasteiger partial charge is 0.328 e. The van der Waals surface area contributed by atoms with Crippen molar-refractivity contribution in [2.24, 2.45) is 5.14 Å². The summed E-state index contributed by atoms with van der Waals surface area (Å²) >= 11 is 1.95. The van der Waals surface area contributed by atoms with Gasteiger partial charge in [0.25, 0.3) is 0 Å². The van der Waals surface area contributed by atoms with Crippen LogP contribution in [0.15, 0.2) is 23.1 Å². The Hall–Kier alpha value is -0.670. The third-order valence-corrected chi connectivity index (χ3v) is 3.09. The molecule has 0 saturated heterocycles. The van der Waals surface area contributed by atoms with Crippen LogP contribution in [-0.2, 0) is 14.8 Å². The van der Waals surface area contributed by atoms with E-state index in [9.17, 15) is 13.2 Å². The number of hydrogen-bond donors (Lipinski definition) is 2. The Kier molecular flexibility index (Phi) is 3.45. The van der Waals surface area contributed by atoms with E-state index < -0.39 is 10.0 Å². The molecule has 0 aliphatic heterocycles. The lowest BCUT2D eigenvalue weighted by Crippen LogP contribution is -2.15. The first-order valence-electron chi connectivity index (χ1n) is 3.47. The molecular formula is C7H7IN2O3S. The number of nitrogens with two attached hydrogens (primary N) is 1. The number of nitrogens with one attached hydrogen (secondary N) is 1. The molecule has 0 atom stereocenters. The molecule has 0 unspecified atom stereocenters. The number of primary sulfonamides is 1. The Morgan fingerprint density at radius 1 is 1.43 bits per heavy atom. The van der Waals surface area contributed by atoms with Gasteiger partial charge in [-0.2, -0.15) is 0 Å². The number of hydrogen-bond acceptors (Lipinski definition) is 3. The third-order valence-electron chi connectivity index (χ3n) is 1.46. The number of benzene rings is 1. The summed E-state index contributed by atoms with van der Waals surface area (Å²) < 4.78 is 22.9. The second-order valence-corrected chi connectivity index (χ2v) is 5.22. The van der Waals surface area contributed by atoms with Crippen LogP contribution in [0.4, 0.5) is 5.69 Å². The maximum atomic E-state index is 11.1. The van der Waals surface area contributed by atoms with Crippen molar-refractivity contribution < 1.29 is 13.2 Å². The topological polar surface area (TPSA) is 89.3 Å². The number of rotatable bonds is 3. The first-order valence-corrected chi connectivity index (χ1v) is 6.10. The van der Waals surface area contributed by atoms with E-state index in [1.54, 1.807) is 6.07 Å². The van der Waals surface area contributed by atoms with E-state index in [1.807, 2.05) is 22.6 Å². The Bertz CT molecular complexity index is 458. The lowest BCUT2D eigenvalue weighted by Gasteiger charge is -2.06. The van der Waals surface area contributed by atoms with E-state index in [0.717, 1.165) is 3.57 Å². The molecule has 76 valence electrons. The van der Waals surface area contributed by atoms with E-state index in [2.05, 4.69) is 5.32 Å². The summed E-state index contributed by atoms with van der Waals surface area (Å²) in [4.78, 5) is 10.1. The monoisotopic (exact) mass is 326 g/mol. The Morgan fingerprint density at radius 3 is 2.57 bits per heavy atom. The highest BCUT2D eigenvalue weighted by Gasteiger charge is 2.13. The van der Waals surface area contributed by atoms with Gasteiger partial charge in [-0.25, -0.2) is 13.6 Å². The van der Waals surface area contributed by atoms with Crippen LogP contribution in [0.2, 0.25) is 0 Å². The summed E-state index contributed by atoms with van der Waals surface area (Å²) in [5.41, 5.74) is 0.183. The van der Waals surface area contributed by atoms with Crippen molar-refractivity contribution in [2.45, 2.75) is 4.90 Å². The molecule has 0 aromatic heterocycles. The normalized spacial score (nSPS) is 11.0. The highest BCUT2D eigenvalue weighted by atomic mass is 127. The SMILES string of the molecule is NS(=O)(=O)c1cc(I)ccc1NC=O. The van der Waals surface area contributed by atoms with Gasteiger partial charge in [-0.05, 0) is 40.8 Å². The fourth-order valence-corrected chi connectivity index (χ4v) is 2.34. The van der Waals surface area contributed by atoms with Gasteiger partial charge in [0.15, 0.2) is 0 Å². The molecule has 0 bridgehead atoms. The van der Waals surface area contributed by atoms with Gasteiger partial charge in [-0.3, -0.25) is 4.79 Å². The number of halogens is 1. The quantitative estimate of drug-likeness (QED) is 0.626. The number of sulfonamides is 1. The number of anilines is 1. The molecule has 0 fully saturated rings. The lowest BCUT2D eigenvalue weighted by molar-refractivity contribution is -0.105. The van der Waals surface area contributed by atoms with Crippen molar-refractivity contribution in [2.75, 3.05) is 5.32 Å². The smallest absolute Gasteiger partial charge is 0.240 e. The van der Waals surface area contributed by atoms with Crippen molar-refractivity contribution >= 4 is 44.7 Å². The second-order valence-electron chi connectivity index (χ2n) is 2.45. The van der Waals surface area contributed by atoms with Crippen LogP contribution >= 0.6 is 22.6 Å². The van der Waals surface area contributed by atoms with Crippen molar-refractivity contribution in [3.63, 3.8) is 0 Å². The molecule has 0 spiro atoms. The Balaban J connectivity index is 3.37. The number of carbonyl (C=O) groups is 1. The molecule has 1 aromatic rings. The molecule has 0 radical (unpaired) electrons. The highest BCUT2D eigenvalue weighted by Crippen LogP contribution is 2.21. The van der Waals surface area contributed by atoms with Gasteiger partial charge in [-0.1, -0.05) is 0 Å². The molecule has 0 aliphatic carbocycles. The zero-order valence-electron chi connectivity index (χ0n) is 6.90. The minimum absolute atomic E-state index is 0.0866. The summed E-state index contributed by atoms with van der Waals surface area (Å²) in [6.07, 6.45) is 0.400. The van der Waals surface area contributed by atoms with E-state index in [1.165, 1.54) is 12.1 Å². The van der Waals surface area contributed by atoms with Crippen LogP contribution < -0.4 is 10.5 Å². The molecule has 3 N–H and O–H groups in total. The molecule has 7 heteroatoms. The maximum absolute atomic E-state index is 11.1. The van der Waals surface area contributed by atoms with Gasteiger partial charge < -0.3 is 5.32 Å². The third kappa shape index (κ3) is 2.66. The lowest BCUT2D eigenvalue weighted by atomic mass is 10.3. The molecule has 5 nitrogen and oxygen atoms in total. The standard InChI is InChI=1S/C7H7IN2O3S/c8-5-1-2-6(10-4-11)7(3-5)14(9,12)13/h1-4H,(H,10,11)(H2,9,12,13). The highest BCUT2D eigenvalue weighted by molar-refractivity contribution is 14.1. The minimum atomic E-state index is -3.80. The van der Waals surface area contributed by atoms with Gasteiger partial charge >= 0.3 is 0 Å². The van der Waals surface area contributed by atoms with Crippen LogP contribution in [0.5, 0.6) is 0 Å². The second kappa shape index (κ2) is 4.24. The Morgan fingerprint density at radius 2 is 2.07 bits per heavy atom. The first-order chi connectivity index (χ1) is 6.45. The van der Waals surface area contributed by atoms with E-state index in [4.69, 9.17) is 5.14 Å². The predicted octanol–water partition coefficient (Wildman–Crippen LogP) is 0.507. The maximum Gasteiger partial charge on any atom is 0.240 e. The van der Waals surface area contributed by atoms with Crippen LogP contribution in [0, 0.1) is 3.57 Å². The fraction of sp³-hybridized carbons (Fsp3) is 0.